The van der Waals surface area contributed by atoms with Crippen LogP contribution < -0.4 is 0 Å². The van der Waals surface area contributed by atoms with Crippen LogP contribution in [0.2, 0.25) is 11.6 Å². The predicted octanol–water partition coefficient (Wildman–Crippen LogP) is 7.47. The van der Waals surface area contributed by atoms with Crippen LogP contribution in [0.15, 0.2) is 0 Å². The molecular weight excluding hydrogens is 434 g/mol. The second-order valence-electron chi connectivity index (χ2n) is 12.6. The summed E-state index contributed by atoms with van der Waals surface area (Å²) < 4.78 is 4.06. The van der Waals surface area contributed by atoms with Crippen LogP contribution in [0.4, 0.5) is 0 Å². The van der Waals surface area contributed by atoms with Crippen molar-refractivity contribution >= 4 is 20.2 Å². The van der Waals surface area contributed by atoms with Crippen LogP contribution in [0.3, 0.4) is 0 Å². The van der Waals surface area contributed by atoms with Crippen LogP contribution in [-0.2, 0) is 0 Å². The Hall–Kier alpha value is 0.818. The summed E-state index contributed by atoms with van der Waals surface area (Å²) in [5, 5.41) is 0. The fraction of sp³-hybridized carbons (Fsp3) is 1.00. The van der Waals surface area contributed by atoms with Gasteiger partial charge in [-0.25, -0.2) is 0 Å². The number of hydrogen-bond acceptors (Lipinski definition) is 0. The summed E-state index contributed by atoms with van der Waals surface area (Å²) in [6.45, 7) is 0. The van der Waals surface area contributed by atoms with Gasteiger partial charge in [0, 0.05) is 0 Å². The molecule has 0 spiro atoms. The van der Waals surface area contributed by atoms with Gasteiger partial charge in [-0.2, -0.15) is 0 Å². The topological polar surface area (TPSA) is 0 Å². The normalized spacial score (nSPS) is 56.3. The second-order valence-corrected chi connectivity index (χ2v) is 20.6. The van der Waals surface area contributed by atoms with E-state index in [1.807, 2.05) is 0 Å². The Balaban J connectivity index is 1.25. The van der Waals surface area contributed by atoms with Crippen LogP contribution in [0.1, 0.15) is 96.3 Å². The first kappa shape index (κ1) is 17.5. The minimum atomic E-state index is -1.24. The van der Waals surface area contributed by atoms with Gasteiger partial charge in [0.2, 0.25) is 0 Å². The van der Waals surface area contributed by atoms with E-state index in [-0.39, 0.29) is 0 Å². The molecular formula is C26H41Sb. The molecule has 9 fully saturated rings. The van der Waals surface area contributed by atoms with Gasteiger partial charge in [0.1, 0.15) is 0 Å². The first-order valence-electron chi connectivity index (χ1n) is 13.1. The van der Waals surface area contributed by atoms with Crippen molar-refractivity contribution in [2.75, 3.05) is 0 Å². The molecule has 9 aliphatic carbocycles. The summed E-state index contributed by atoms with van der Waals surface area (Å²) in [5.74, 6) is 9.78. The summed E-state index contributed by atoms with van der Waals surface area (Å²) in [6.07, 6.45) is 25.2. The van der Waals surface area contributed by atoms with E-state index in [4.69, 9.17) is 0 Å². The maximum atomic E-state index is 1.71. The maximum absolute atomic E-state index is 1.71. The fourth-order valence-corrected chi connectivity index (χ4v) is 25.8. The molecule has 0 aliphatic heterocycles. The van der Waals surface area contributed by atoms with Crippen LogP contribution in [-0.4, -0.2) is 20.2 Å². The van der Waals surface area contributed by atoms with Crippen molar-refractivity contribution in [3.05, 3.63) is 0 Å². The van der Waals surface area contributed by atoms with Crippen LogP contribution in [0, 0.1) is 47.3 Å². The zero-order valence-electron chi connectivity index (χ0n) is 17.4. The third-order valence-corrected chi connectivity index (χ3v) is 23.7. The molecule has 1 heteroatoms. The molecule has 9 aliphatic rings. The van der Waals surface area contributed by atoms with Crippen molar-refractivity contribution in [2.45, 2.75) is 108 Å². The van der Waals surface area contributed by atoms with Crippen LogP contribution >= 0.6 is 0 Å². The van der Waals surface area contributed by atoms with Crippen molar-refractivity contribution in [3.8, 4) is 0 Å². The molecule has 0 aromatic rings. The molecule has 0 aromatic heterocycles. The Kier molecular flexibility index (Phi) is 4.31. The molecule has 9 rings (SSSR count). The van der Waals surface area contributed by atoms with Crippen molar-refractivity contribution in [1.82, 2.24) is 0 Å². The van der Waals surface area contributed by atoms with Gasteiger partial charge in [0.25, 0.3) is 0 Å². The van der Waals surface area contributed by atoms with E-state index in [0.29, 0.717) is 0 Å². The summed E-state index contributed by atoms with van der Waals surface area (Å²) in [6, 6.07) is 0. The Morgan fingerprint density at radius 1 is 0.407 bits per heavy atom. The van der Waals surface area contributed by atoms with E-state index < -0.39 is 20.2 Å². The van der Waals surface area contributed by atoms with Crippen molar-refractivity contribution < 1.29 is 0 Å². The van der Waals surface area contributed by atoms with Gasteiger partial charge < -0.3 is 0 Å². The van der Waals surface area contributed by atoms with E-state index in [1.165, 1.54) is 58.9 Å². The zero-order valence-corrected chi connectivity index (χ0v) is 20.0. The number of rotatable bonds is 3. The second kappa shape index (κ2) is 6.66. The summed E-state index contributed by atoms with van der Waals surface area (Å²) >= 11 is -1.24. The van der Waals surface area contributed by atoms with Gasteiger partial charge in [0.05, 0.1) is 0 Å². The summed E-state index contributed by atoms with van der Waals surface area (Å²) in [5.41, 5.74) is 0. The van der Waals surface area contributed by atoms with E-state index in [9.17, 15) is 0 Å². The van der Waals surface area contributed by atoms with Crippen molar-refractivity contribution in [2.24, 2.45) is 47.3 Å². The molecule has 27 heavy (non-hydrogen) atoms. The molecule has 0 unspecified atom stereocenters. The molecule has 0 nitrogen and oxygen atoms in total. The molecule has 9 saturated carbocycles. The van der Waals surface area contributed by atoms with Gasteiger partial charge in [0.15, 0.2) is 0 Å². The molecule has 8 bridgehead atoms. The predicted molar refractivity (Wildman–Crippen MR) is 114 cm³/mol. The van der Waals surface area contributed by atoms with Crippen molar-refractivity contribution in [1.29, 1.82) is 0 Å². The SMILES string of the molecule is C1CC[CH]([Sb]([CH]2C3CC4CC(C3)CC2C4)[CH]2C3CC4CC(C3)CC2C4)CC1. The van der Waals surface area contributed by atoms with Gasteiger partial charge in [-0.1, -0.05) is 0 Å². The molecule has 0 radical (unpaired) electrons. The first-order chi connectivity index (χ1) is 13.3. The quantitative estimate of drug-likeness (QED) is 0.372. The first-order valence-corrected chi connectivity index (χ1v) is 17.5. The number of hydrogen-bond donors (Lipinski definition) is 0. The Labute approximate surface area is 175 Å². The third-order valence-electron chi connectivity index (χ3n) is 11.0. The van der Waals surface area contributed by atoms with E-state index in [1.54, 1.807) is 96.3 Å². The van der Waals surface area contributed by atoms with E-state index in [2.05, 4.69) is 0 Å². The molecule has 0 N–H and O–H groups in total. The fourth-order valence-electron chi connectivity index (χ4n) is 10.8. The van der Waals surface area contributed by atoms with Gasteiger partial charge in [-0.15, -0.1) is 0 Å². The van der Waals surface area contributed by atoms with E-state index >= 15 is 0 Å². The Morgan fingerprint density at radius 3 is 1.15 bits per heavy atom. The van der Waals surface area contributed by atoms with E-state index in [0.717, 1.165) is 0 Å². The van der Waals surface area contributed by atoms with Gasteiger partial charge >= 0.3 is 175 Å². The molecule has 150 valence electrons. The standard InChI is InChI=1S/2C10H15.C6H11.Sb/c2*1-7-2-9-4-8(1)5-10(3-7)6-9;1-2-4-6-5-3-1;/h2*1,7-10H,2-6H2;1H,2-6H2;. The average molecular weight is 475 g/mol. The molecule has 0 amide bonds. The Morgan fingerprint density at radius 2 is 0.778 bits per heavy atom. The van der Waals surface area contributed by atoms with Crippen LogP contribution in [0.5, 0.6) is 0 Å². The van der Waals surface area contributed by atoms with Crippen LogP contribution in [0.25, 0.3) is 0 Å². The van der Waals surface area contributed by atoms with Gasteiger partial charge in [-0.05, 0) is 0 Å². The average Bonchev–Trinajstić information content (AvgIpc) is 2.65. The Bertz CT molecular complexity index is 477. The van der Waals surface area contributed by atoms with Gasteiger partial charge in [-0.3, -0.25) is 0 Å². The zero-order chi connectivity index (χ0) is 17.5. The molecule has 0 atom stereocenters. The minimum absolute atomic E-state index is 1.19. The molecule has 0 heterocycles. The molecule has 0 aromatic carbocycles. The third kappa shape index (κ3) is 2.80. The summed E-state index contributed by atoms with van der Waals surface area (Å²) in [7, 11) is 0. The van der Waals surface area contributed by atoms with Crippen molar-refractivity contribution in [3.63, 3.8) is 0 Å². The summed E-state index contributed by atoms with van der Waals surface area (Å²) in [4.78, 5) is 0. The monoisotopic (exact) mass is 474 g/mol. The molecule has 0 saturated heterocycles.